The molecule has 0 N–H and O–H groups in total. The van der Waals surface area contributed by atoms with Crippen LogP contribution >= 0.6 is 0 Å². The number of para-hydroxylation sites is 1. The molecule has 0 saturated heterocycles. The van der Waals surface area contributed by atoms with Gasteiger partial charge in [-0.2, -0.15) is 0 Å². The van der Waals surface area contributed by atoms with Crippen molar-refractivity contribution in [2.75, 3.05) is 0 Å². The fourth-order valence-electron chi connectivity index (χ4n) is 2.82. The maximum atomic E-state index is 4.48. The van der Waals surface area contributed by atoms with Crippen LogP contribution in [-0.2, 0) is 6.54 Å². The van der Waals surface area contributed by atoms with Gasteiger partial charge in [0.2, 0.25) is 0 Å². The molecule has 0 aliphatic carbocycles. The topological polar surface area (TPSA) is 22.8 Å². The highest BCUT2D eigenvalue weighted by atomic mass is 15.1. The van der Waals surface area contributed by atoms with Crippen molar-refractivity contribution in [3.05, 3.63) is 54.7 Å². The first kappa shape index (κ1) is 13.0. The van der Waals surface area contributed by atoms with Gasteiger partial charge in [0.25, 0.3) is 0 Å². The molecule has 1 aromatic carbocycles. The van der Waals surface area contributed by atoms with Gasteiger partial charge < -0.3 is 9.13 Å². The zero-order chi connectivity index (χ0) is 14.1. The van der Waals surface area contributed by atoms with E-state index in [0.717, 1.165) is 12.4 Å². The third-order valence-electron chi connectivity index (χ3n) is 3.83. The molecule has 20 heavy (non-hydrogen) atoms. The molecule has 0 spiro atoms. The fraction of sp³-hybridized carbons (Fsp3) is 0.353. The second-order valence-electron chi connectivity index (χ2n) is 5.72. The van der Waals surface area contributed by atoms with Gasteiger partial charge in [-0.1, -0.05) is 32.0 Å². The van der Waals surface area contributed by atoms with Crippen LogP contribution in [0.1, 0.15) is 38.6 Å². The summed E-state index contributed by atoms with van der Waals surface area (Å²) in [4.78, 5) is 4.48. The second-order valence-corrected chi connectivity index (χ2v) is 5.72. The van der Waals surface area contributed by atoms with Gasteiger partial charge in [0.05, 0.1) is 0 Å². The van der Waals surface area contributed by atoms with E-state index >= 15 is 0 Å². The molecule has 104 valence electrons. The highest BCUT2D eigenvalue weighted by Crippen LogP contribution is 2.21. The van der Waals surface area contributed by atoms with Crippen LogP contribution in [0.15, 0.2) is 48.9 Å². The zero-order valence-electron chi connectivity index (χ0n) is 12.3. The lowest BCUT2D eigenvalue weighted by molar-refractivity contribution is 0.450. The highest BCUT2D eigenvalue weighted by Gasteiger charge is 2.13. The minimum atomic E-state index is 0.394. The summed E-state index contributed by atoms with van der Waals surface area (Å²) in [6.07, 6.45) is 6.17. The molecule has 3 rings (SSSR count). The summed E-state index contributed by atoms with van der Waals surface area (Å²) < 4.78 is 4.61. The number of nitrogens with zero attached hydrogens (tertiary/aromatic N) is 3. The van der Waals surface area contributed by atoms with Crippen molar-refractivity contribution in [3.63, 3.8) is 0 Å². The molecule has 0 aliphatic rings. The maximum Gasteiger partial charge on any atom is 0.111 e. The summed E-state index contributed by atoms with van der Waals surface area (Å²) in [7, 11) is 0. The maximum absolute atomic E-state index is 4.48. The Morgan fingerprint density at radius 3 is 2.65 bits per heavy atom. The Labute approximate surface area is 119 Å². The monoisotopic (exact) mass is 267 g/mol. The number of rotatable bonds is 4. The Balaban J connectivity index is 1.89. The van der Waals surface area contributed by atoms with Crippen LogP contribution in [0.25, 0.3) is 10.9 Å². The van der Waals surface area contributed by atoms with E-state index < -0.39 is 0 Å². The molecule has 0 saturated carbocycles. The van der Waals surface area contributed by atoms with Crippen LogP contribution in [0.3, 0.4) is 0 Å². The molecular formula is C17H21N3. The lowest BCUT2D eigenvalue weighted by atomic mass is 10.2. The van der Waals surface area contributed by atoms with Gasteiger partial charge in [-0.05, 0) is 24.4 Å². The fourth-order valence-corrected chi connectivity index (χ4v) is 2.82. The van der Waals surface area contributed by atoms with Crippen LogP contribution in [0, 0.1) is 0 Å². The third-order valence-corrected chi connectivity index (χ3v) is 3.83. The number of imidazole rings is 1. The van der Waals surface area contributed by atoms with Gasteiger partial charge >= 0.3 is 0 Å². The van der Waals surface area contributed by atoms with Crippen LogP contribution in [0.2, 0.25) is 0 Å². The van der Waals surface area contributed by atoms with Crippen LogP contribution in [0.5, 0.6) is 0 Å². The van der Waals surface area contributed by atoms with Gasteiger partial charge in [-0.3, -0.25) is 0 Å². The summed E-state index contributed by atoms with van der Waals surface area (Å²) >= 11 is 0. The van der Waals surface area contributed by atoms with Gasteiger partial charge in [0, 0.05) is 42.6 Å². The number of fused-ring (bicyclic) bond motifs is 1. The van der Waals surface area contributed by atoms with Crippen molar-refractivity contribution in [3.8, 4) is 0 Å². The molecule has 0 fully saturated rings. The average molecular weight is 267 g/mol. The molecule has 3 nitrogen and oxygen atoms in total. The Morgan fingerprint density at radius 1 is 1.05 bits per heavy atom. The first-order chi connectivity index (χ1) is 9.66. The van der Waals surface area contributed by atoms with Crippen molar-refractivity contribution in [1.82, 2.24) is 14.1 Å². The number of aromatic nitrogens is 3. The molecule has 2 aromatic heterocycles. The minimum absolute atomic E-state index is 0.394. The van der Waals surface area contributed by atoms with Gasteiger partial charge in [0.15, 0.2) is 0 Å². The lowest BCUT2D eigenvalue weighted by Gasteiger charge is -2.19. The molecule has 0 radical (unpaired) electrons. The number of hydrogen-bond acceptors (Lipinski definition) is 1. The Bertz CT molecular complexity index is 706. The number of benzene rings is 1. The predicted molar refractivity (Wildman–Crippen MR) is 83.0 cm³/mol. The third kappa shape index (κ3) is 2.24. The minimum Gasteiger partial charge on any atom is -0.345 e. The Hall–Kier alpha value is -2.03. The lowest BCUT2D eigenvalue weighted by Crippen LogP contribution is -2.15. The summed E-state index contributed by atoms with van der Waals surface area (Å²) in [5.41, 5.74) is 1.30. The van der Waals surface area contributed by atoms with E-state index in [4.69, 9.17) is 0 Å². The second kappa shape index (κ2) is 5.16. The highest BCUT2D eigenvalue weighted by molar-refractivity contribution is 5.79. The summed E-state index contributed by atoms with van der Waals surface area (Å²) in [6.45, 7) is 7.60. The summed E-state index contributed by atoms with van der Waals surface area (Å²) in [5, 5.41) is 1.30. The SMILES string of the molecule is CC(C)c1nccn1[C@H](C)Cn1ccc2ccccc21. The molecule has 0 amide bonds. The van der Waals surface area contributed by atoms with E-state index in [2.05, 4.69) is 77.6 Å². The molecule has 1 atom stereocenters. The largest absolute Gasteiger partial charge is 0.345 e. The van der Waals surface area contributed by atoms with Crippen molar-refractivity contribution in [2.45, 2.75) is 39.3 Å². The smallest absolute Gasteiger partial charge is 0.111 e. The van der Waals surface area contributed by atoms with Crippen LogP contribution in [-0.4, -0.2) is 14.1 Å². The van der Waals surface area contributed by atoms with E-state index in [-0.39, 0.29) is 0 Å². The van der Waals surface area contributed by atoms with Crippen LogP contribution in [0.4, 0.5) is 0 Å². The average Bonchev–Trinajstić information content (AvgIpc) is 3.06. The van der Waals surface area contributed by atoms with Gasteiger partial charge in [0.1, 0.15) is 5.82 Å². The molecular weight excluding hydrogens is 246 g/mol. The first-order valence-corrected chi connectivity index (χ1v) is 7.23. The van der Waals surface area contributed by atoms with Gasteiger partial charge in [-0.15, -0.1) is 0 Å². The van der Waals surface area contributed by atoms with Crippen molar-refractivity contribution >= 4 is 10.9 Å². The van der Waals surface area contributed by atoms with E-state index in [1.54, 1.807) is 0 Å². The Morgan fingerprint density at radius 2 is 1.85 bits per heavy atom. The molecule has 3 heteroatoms. The summed E-state index contributed by atoms with van der Waals surface area (Å²) in [5.74, 6) is 1.61. The zero-order valence-corrected chi connectivity index (χ0v) is 12.3. The molecule has 2 heterocycles. The molecule has 0 bridgehead atoms. The first-order valence-electron chi connectivity index (χ1n) is 7.23. The predicted octanol–water partition coefficient (Wildman–Crippen LogP) is 4.22. The van der Waals surface area contributed by atoms with E-state index in [1.165, 1.54) is 10.9 Å². The molecule has 0 unspecified atom stereocenters. The molecule has 3 aromatic rings. The number of hydrogen-bond donors (Lipinski definition) is 0. The van der Waals surface area contributed by atoms with Crippen molar-refractivity contribution < 1.29 is 0 Å². The quantitative estimate of drug-likeness (QED) is 0.694. The van der Waals surface area contributed by atoms with E-state index in [0.29, 0.717) is 12.0 Å². The van der Waals surface area contributed by atoms with Crippen molar-refractivity contribution in [2.24, 2.45) is 0 Å². The Kier molecular flexibility index (Phi) is 3.35. The van der Waals surface area contributed by atoms with E-state index in [9.17, 15) is 0 Å². The van der Waals surface area contributed by atoms with E-state index in [1.807, 2.05) is 6.20 Å². The standard InChI is InChI=1S/C17H21N3/c1-13(2)17-18-9-11-20(17)14(3)12-19-10-8-15-6-4-5-7-16(15)19/h4-11,13-14H,12H2,1-3H3/t14-/m1/s1. The summed E-state index contributed by atoms with van der Waals surface area (Å²) in [6, 6.07) is 11.1. The van der Waals surface area contributed by atoms with Gasteiger partial charge in [-0.25, -0.2) is 4.98 Å². The van der Waals surface area contributed by atoms with Crippen molar-refractivity contribution in [1.29, 1.82) is 0 Å². The van der Waals surface area contributed by atoms with Crippen LogP contribution < -0.4 is 0 Å². The molecule has 0 aliphatic heterocycles. The normalized spacial score (nSPS) is 13.2.